The first-order chi connectivity index (χ1) is 16.6. The van der Waals surface area contributed by atoms with Crippen molar-refractivity contribution in [2.24, 2.45) is 0 Å². The molecule has 0 aromatic heterocycles. The summed E-state index contributed by atoms with van der Waals surface area (Å²) < 4.78 is 5.35. The van der Waals surface area contributed by atoms with E-state index in [1.807, 2.05) is 13.2 Å². The van der Waals surface area contributed by atoms with Crippen LogP contribution in [0.2, 0.25) is 0 Å². The normalized spacial score (nSPS) is 12.7. The fourth-order valence-electron chi connectivity index (χ4n) is 3.34. The van der Waals surface area contributed by atoms with Crippen molar-refractivity contribution < 1.29 is 24.2 Å². The van der Waals surface area contributed by atoms with Crippen molar-refractivity contribution in [1.82, 2.24) is 15.5 Å². The molecular weight excluding hydrogens is 466 g/mol. The number of hydrogen-bond donors (Lipinski definition) is 3. The highest BCUT2D eigenvalue weighted by atomic mass is 32.2. The van der Waals surface area contributed by atoms with Gasteiger partial charge in [-0.2, -0.15) is 11.8 Å². The highest BCUT2D eigenvalue weighted by molar-refractivity contribution is 7.98. The molecule has 9 heteroatoms. The molecule has 0 aliphatic rings. The molecule has 1 rings (SSSR count). The lowest BCUT2D eigenvalue weighted by Crippen LogP contribution is -2.54. The molecule has 35 heavy (non-hydrogen) atoms. The van der Waals surface area contributed by atoms with Gasteiger partial charge in [0.25, 0.3) is 0 Å². The van der Waals surface area contributed by atoms with E-state index in [4.69, 9.17) is 11.2 Å². The van der Waals surface area contributed by atoms with E-state index >= 15 is 0 Å². The van der Waals surface area contributed by atoms with Gasteiger partial charge in [0, 0.05) is 18.7 Å². The van der Waals surface area contributed by atoms with Crippen LogP contribution in [-0.2, 0) is 14.3 Å². The molecular formula is C26H39N3O5S. The van der Waals surface area contributed by atoms with Crippen LogP contribution in [-0.4, -0.2) is 71.3 Å². The Balaban J connectivity index is 3.36. The van der Waals surface area contributed by atoms with E-state index < -0.39 is 29.7 Å². The molecule has 194 valence electrons. The number of amides is 3. The summed E-state index contributed by atoms with van der Waals surface area (Å²) in [5, 5.41) is 15.3. The number of unbranched alkanes of at least 4 members (excludes halogenated alkanes) is 1. The van der Waals surface area contributed by atoms with Crippen molar-refractivity contribution in [3.05, 3.63) is 35.4 Å². The summed E-state index contributed by atoms with van der Waals surface area (Å²) in [7, 11) is 0. The summed E-state index contributed by atoms with van der Waals surface area (Å²) in [6.45, 7) is 7.24. The van der Waals surface area contributed by atoms with Crippen molar-refractivity contribution in [2.75, 3.05) is 31.7 Å². The number of carbonyl (C=O) groups excluding carboxylic acids is 3. The molecule has 3 N–H and O–H groups in total. The summed E-state index contributed by atoms with van der Waals surface area (Å²) in [5.41, 5.74) is 0.465. The number of terminal acetylenes is 1. The highest BCUT2D eigenvalue weighted by Crippen LogP contribution is 2.24. The largest absolute Gasteiger partial charge is 0.444 e. The molecule has 0 spiro atoms. The third kappa shape index (κ3) is 10.6. The molecule has 0 aliphatic carbocycles. The molecule has 0 heterocycles. The van der Waals surface area contributed by atoms with Gasteiger partial charge in [-0.25, -0.2) is 4.79 Å². The molecule has 0 fully saturated rings. The summed E-state index contributed by atoms with van der Waals surface area (Å²) in [6.07, 6.45) is 8.67. The second kappa shape index (κ2) is 15.3. The maximum atomic E-state index is 13.7. The summed E-state index contributed by atoms with van der Waals surface area (Å²) in [6, 6.07) is 4.88. The lowest BCUT2D eigenvalue weighted by Gasteiger charge is -2.34. The number of thioether (sulfide) groups is 1. The Kier molecular flexibility index (Phi) is 13.3. The quantitative estimate of drug-likeness (QED) is 0.281. The summed E-state index contributed by atoms with van der Waals surface area (Å²) in [4.78, 5) is 40.8. The van der Waals surface area contributed by atoms with Gasteiger partial charge in [-0.15, -0.1) is 6.42 Å². The van der Waals surface area contributed by atoms with Gasteiger partial charge >= 0.3 is 6.09 Å². The maximum absolute atomic E-state index is 13.7. The molecule has 8 nitrogen and oxygen atoms in total. The average molecular weight is 506 g/mol. The molecule has 0 radical (unpaired) electrons. The van der Waals surface area contributed by atoms with Gasteiger partial charge in [0.2, 0.25) is 11.8 Å². The molecule has 0 aliphatic heterocycles. The minimum absolute atomic E-state index is 0.0899. The van der Waals surface area contributed by atoms with Crippen LogP contribution in [0, 0.1) is 12.3 Å². The van der Waals surface area contributed by atoms with Crippen molar-refractivity contribution in [3.8, 4) is 12.3 Å². The highest BCUT2D eigenvalue weighted by Gasteiger charge is 2.35. The third-order valence-electron chi connectivity index (χ3n) is 5.01. The summed E-state index contributed by atoms with van der Waals surface area (Å²) in [5.74, 6) is 2.30. The van der Waals surface area contributed by atoms with E-state index in [0.29, 0.717) is 29.8 Å². The van der Waals surface area contributed by atoms with Crippen molar-refractivity contribution >= 4 is 29.7 Å². The van der Waals surface area contributed by atoms with Gasteiger partial charge in [0.15, 0.2) is 0 Å². The van der Waals surface area contributed by atoms with E-state index in [2.05, 4.69) is 16.6 Å². The number of rotatable bonds is 13. The minimum atomic E-state index is -1.00. The topological polar surface area (TPSA) is 108 Å². The van der Waals surface area contributed by atoms with E-state index in [-0.39, 0.29) is 19.1 Å². The van der Waals surface area contributed by atoms with Crippen LogP contribution >= 0.6 is 11.8 Å². The fraction of sp³-hybridized carbons (Fsp3) is 0.577. The van der Waals surface area contributed by atoms with Gasteiger partial charge in [-0.05, 0) is 63.3 Å². The molecule has 2 unspecified atom stereocenters. The van der Waals surface area contributed by atoms with Gasteiger partial charge in [-0.3, -0.25) is 9.59 Å². The number of ether oxygens (including phenoxy) is 1. The van der Waals surface area contributed by atoms with Gasteiger partial charge in [0.05, 0.1) is 6.61 Å². The number of hydrogen-bond acceptors (Lipinski definition) is 6. The number of carbonyl (C=O) groups is 3. The number of aliphatic hydroxyl groups excluding tert-OH is 1. The lowest BCUT2D eigenvalue weighted by molar-refractivity contribution is -0.143. The second-order valence-corrected chi connectivity index (χ2v) is 10.0. The zero-order valence-electron chi connectivity index (χ0n) is 21.4. The Morgan fingerprint density at radius 3 is 2.40 bits per heavy atom. The third-order valence-corrected chi connectivity index (χ3v) is 5.65. The van der Waals surface area contributed by atoms with Gasteiger partial charge in [0.1, 0.15) is 17.7 Å². The average Bonchev–Trinajstić information content (AvgIpc) is 2.80. The van der Waals surface area contributed by atoms with Crippen LogP contribution < -0.4 is 10.6 Å². The first kappa shape index (κ1) is 30.3. The number of nitrogens with zero attached hydrogens (tertiary/aromatic N) is 1. The van der Waals surface area contributed by atoms with Crippen molar-refractivity contribution in [3.63, 3.8) is 0 Å². The van der Waals surface area contributed by atoms with Crippen LogP contribution in [0.5, 0.6) is 0 Å². The van der Waals surface area contributed by atoms with Crippen LogP contribution in [0.25, 0.3) is 0 Å². The predicted octanol–water partition coefficient (Wildman–Crippen LogP) is 3.09. The number of nitrogens with one attached hydrogen (secondary N) is 2. The van der Waals surface area contributed by atoms with Crippen molar-refractivity contribution in [2.45, 2.75) is 64.6 Å². The first-order valence-corrected chi connectivity index (χ1v) is 13.2. The molecule has 1 aromatic rings. The number of aliphatic hydroxyl groups is 1. The molecule has 0 bridgehead atoms. The Morgan fingerprint density at radius 1 is 1.23 bits per heavy atom. The number of benzene rings is 1. The lowest BCUT2D eigenvalue weighted by atomic mass is 10.0. The van der Waals surface area contributed by atoms with Crippen LogP contribution in [0.15, 0.2) is 24.3 Å². The zero-order chi connectivity index (χ0) is 26.4. The van der Waals surface area contributed by atoms with E-state index in [0.717, 1.165) is 12.8 Å². The maximum Gasteiger partial charge on any atom is 0.408 e. The van der Waals surface area contributed by atoms with E-state index in [1.165, 1.54) is 16.7 Å². The van der Waals surface area contributed by atoms with Crippen LogP contribution in [0.3, 0.4) is 0 Å². The predicted molar refractivity (Wildman–Crippen MR) is 140 cm³/mol. The Bertz CT molecular complexity index is 861. The zero-order valence-corrected chi connectivity index (χ0v) is 22.2. The Labute approximate surface area is 213 Å². The van der Waals surface area contributed by atoms with Gasteiger partial charge < -0.3 is 25.4 Å². The fourth-order valence-corrected chi connectivity index (χ4v) is 3.81. The van der Waals surface area contributed by atoms with Gasteiger partial charge in [-0.1, -0.05) is 31.4 Å². The minimum Gasteiger partial charge on any atom is -0.444 e. The van der Waals surface area contributed by atoms with Crippen LogP contribution in [0.1, 0.15) is 64.1 Å². The molecule has 0 saturated heterocycles. The second-order valence-electron chi connectivity index (χ2n) is 9.05. The Hall–Kier alpha value is -2.70. The molecule has 1 aromatic carbocycles. The molecule has 3 amide bonds. The number of alkyl carbamates (subject to hydrolysis) is 1. The standard InChI is InChI=1S/C26H39N3O5S/c1-7-9-15-27-23(31)22(20-12-10-19(8-2)11-13-20)29(16-17-30)24(32)21(14-18-35-6)28-25(33)34-26(3,4)5/h2,10-13,21-22,30H,7,9,14-18H2,1,3-6H3,(H,27,31)(H,28,33). The monoisotopic (exact) mass is 505 g/mol. The van der Waals surface area contributed by atoms with Crippen LogP contribution in [0.4, 0.5) is 4.79 Å². The van der Waals surface area contributed by atoms with E-state index in [1.54, 1.807) is 45.0 Å². The molecule has 0 saturated carbocycles. The van der Waals surface area contributed by atoms with Crippen molar-refractivity contribution in [1.29, 1.82) is 0 Å². The smallest absolute Gasteiger partial charge is 0.408 e. The summed E-state index contributed by atoms with van der Waals surface area (Å²) >= 11 is 1.53. The first-order valence-electron chi connectivity index (χ1n) is 11.8. The SMILES string of the molecule is C#Cc1ccc(C(C(=O)NCCCC)N(CCO)C(=O)C(CCSC)NC(=O)OC(C)(C)C)cc1. The molecule has 2 atom stereocenters. The van der Waals surface area contributed by atoms with E-state index in [9.17, 15) is 19.5 Å². The Morgan fingerprint density at radius 2 is 1.89 bits per heavy atom.